The van der Waals surface area contributed by atoms with E-state index in [0.717, 1.165) is 0 Å². The molecule has 0 aromatic heterocycles. The van der Waals surface area contributed by atoms with Gasteiger partial charge in [0.15, 0.2) is 0 Å². The number of primary amides is 2. The van der Waals surface area contributed by atoms with Gasteiger partial charge in [0, 0.05) is 0 Å². The van der Waals surface area contributed by atoms with Gasteiger partial charge >= 0.3 is 5.97 Å². The van der Waals surface area contributed by atoms with Crippen LogP contribution in [-0.4, -0.2) is 65.3 Å². The molecule has 13 heteroatoms. The average Bonchev–Trinajstić information content (AvgIpc) is 2.61. The fourth-order valence-corrected chi connectivity index (χ4v) is 2.23. The van der Waals surface area contributed by atoms with Gasteiger partial charge in [-0.1, -0.05) is 20.3 Å². The molecule has 0 saturated carbocycles. The van der Waals surface area contributed by atoms with Crippen molar-refractivity contribution in [2.45, 2.75) is 51.2 Å². The molecule has 0 rings (SSSR count). The van der Waals surface area contributed by atoms with Crippen LogP contribution in [0.15, 0.2) is 0 Å². The van der Waals surface area contributed by atoms with Gasteiger partial charge in [0.05, 0.1) is 18.9 Å². The molecule has 13 nitrogen and oxygen atoms in total. The molecule has 0 aliphatic carbocycles. The Morgan fingerprint density at radius 1 is 0.897 bits per heavy atom. The number of nitrogens with one attached hydrogen (secondary N) is 3. The Hall–Kier alpha value is -3.22. The van der Waals surface area contributed by atoms with Crippen LogP contribution in [0.25, 0.3) is 0 Å². The van der Waals surface area contributed by atoms with Crippen LogP contribution in [0.3, 0.4) is 0 Å². The molecule has 4 atom stereocenters. The van der Waals surface area contributed by atoms with Gasteiger partial charge in [-0.2, -0.15) is 0 Å². The maximum atomic E-state index is 12.7. The monoisotopic (exact) mass is 416 g/mol. The largest absolute Gasteiger partial charge is 0.480 e. The van der Waals surface area contributed by atoms with Crippen molar-refractivity contribution in [2.75, 3.05) is 6.54 Å². The van der Waals surface area contributed by atoms with Crippen LogP contribution in [0, 0.1) is 5.92 Å². The number of hydrogen-bond acceptors (Lipinski definition) is 7. The third-order valence-electron chi connectivity index (χ3n) is 4.00. The van der Waals surface area contributed by atoms with E-state index in [2.05, 4.69) is 10.6 Å². The quantitative estimate of drug-likeness (QED) is 0.157. The smallest absolute Gasteiger partial charge is 0.322 e. The Balaban J connectivity index is 5.34. The van der Waals surface area contributed by atoms with Gasteiger partial charge in [-0.15, -0.1) is 0 Å². The minimum atomic E-state index is -1.44. The Morgan fingerprint density at radius 3 is 1.90 bits per heavy atom. The minimum absolute atomic E-state index is 0.406. The van der Waals surface area contributed by atoms with Crippen LogP contribution in [-0.2, 0) is 28.8 Å². The average molecular weight is 416 g/mol. The zero-order chi connectivity index (χ0) is 22.7. The first kappa shape index (κ1) is 25.8. The van der Waals surface area contributed by atoms with E-state index in [1.807, 2.05) is 5.32 Å². The summed E-state index contributed by atoms with van der Waals surface area (Å²) in [4.78, 5) is 69.6. The molecule has 0 aromatic carbocycles. The molecule has 0 saturated heterocycles. The highest BCUT2D eigenvalue weighted by molar-refractivity contribution is 5.96. The van der Waals surface area contributed by atoms with E-state index in [1.165, 1.54) is 0 Å². The summed E-state index contributed by atoms with van der Waals surface area (Å²) in [5.41, 5.74) is 15.6. The van der Waals surface area contributed by atoms with Crippen LogP contribution >= 0.6 is 0 Å². The van der Waals surface area contributed by atoms with Crippen LogP contribution in [0.5, 0.6) is 0 Å². The summed E-state index contributed by atoms with van der Waals surface area (Å²) < 4.78 is 0. The van der Waals surface area contributed by atoms with Crippen molar-refractivity contribution < 1.29 is 33.9 Å². The SMILES string of the molecule is CCC(C)C(NC(=O)C(N)CC(N)=O)C(=O)NC(CC(N)=O)C(=O)NCC(=O)O. The van der Waals surface area contributed by atoms with Gasteiger partial charge in [0.25, 0.3) is 0 Å². The van der Waals surface area contributed by atoms with E-state index >= 15 is 0 Å². The van der Waals surface area contributed by atoms with Crippen LogP contribution in [0.4, 0.5) is 0 Å². The van der Waals surface area contributed by atoms with Crippen molar-refractivity contribution in [2.24, 2.45) is 23.1 Å². The fourth-order valence-electron chi connectivity index (χ4n) is 2.23. The Labute approximate surface area is 167 Å². The van der Waals surface area contributed by atoms with Crippen molar-refractivity contribution in [3.63, 3.8) is 0 Å². The number of carboxylic acids is 1. The van der Waals surface area contributed by atoms with E-state index in [-0.39, 0.29) is 0 Å². The topological polar surface area (TPSA) is 237 Å². The summed E-state index contributed by atoms with van der Waals surface area (Å²) in [6.45, 7) is 2.68. The number of carboxylic acid groups (broad SMARTS) is 1. The molecule has 0 radical (unpaired) electrons. The maximum Gasteiger partial charge on any atom is 0.322 e. The lowest BCUT2D eigenvalue weighted by Gasteiger charge is -2.27. The van der Waals surface area contributed by atoms with Gasteiger partial charge in [0.2, 0.25) is 29.5 Å². The van der Waals surface area contributed by atoms with Crippen molar-refractivity contribution in [3.8, 4) is 0 Å². The number of hydrogen-bond donors (Lipinski definition) is 7. The van der Waals surface area contributed by atoms with E-state index in [0.29, 0.717) is 6.42 Å². The zero-order valence-electron chi connectivity index (χ0n) is 16.3. The van der Waals surface area contributed by atoms with Crippen molar-refractivity contribution in [1.82, 2.24) is 16.0 Å². The molecular formula is C16H28N6O7. The van der Waals surface area contributed by atoms with Gasteiger partial charge < -0.3 is 38.3 Å². The normalized spacial score (nSPS) is 14.6. The summed E-state index contributed by atoms with van der Waals surface area (Å²) in [5.74, 6) is -5.98. The molecule has 0 bridgehead atoms. The van der Waals surface area contributed by atoms with Gasteiger partial charge in [-0.3, -0.25) is 28.8 Å². The molecule has 0 spiro atoms. The van der Waals surface area contributed by atoms with Crippen molar-refractivity contribution in [1.29, 1.82) is 0 Å². The predicted octanol–water partition coefficient (Wildman–Crippen LogP) is -3.72. The number of nitrogens with two attached hydrogens (primary N) is 3. The number of rotatable bonds is 13. The predicted molar refractivity (Wildman–Crippen MR) is 99.6 cm³/mol. The van der Waals surface area contributed by atoms with Crippen LogP contribution < -0.4 is 33.2 Å². The van der Waals surface area contributed by atoms with Crippen LogP contribution in [0.1, 0.15) is 33.1 Å². The lowest BCUT2D eigenvalue weighted by atomic mass is 9.97. The molecule has 0 fully saturated rings. The lowest BCUT2D eigenvalue weighted by molar-refractivity contribution is -0.139. The van der Waals surface area contributed by atoms with Crippen molar-refractivity contribution in [3.05, 3.63) is 0 Å². The highest BCUT2D eigenvalue weighted by Gasteiger charge is 2.32. The summed E-state index contributed by atoms with van der Waals surface area (Å²) >= 11 is 0. The standard InChI is InChI=1S/C16H28N6O7/c1-3-7(2)13(22-14(27)8(17)4-10(18)23)16(29)21-9(5-11(19)24)15(28)20-6-12(25)26/h7-9,13H,3-6,17H2,1-2H3,(H2,18,23)(H2,19,24)(H,20,28)(H,21,29)(H,22,27)(H,25,26). The van der Waals surface area contributed by atoms with Gasteiger partial charge in [-0.05, 0) is 5.92 Å². The van der Waals surface area contributed by atoms with Crippen LogP contribution in [0.2, 0.25) is 0 Å². The highest BCUT2D eigenvalue weighted by Crippen LogP contribution is 2.09. The van der Waals surface area contributed by atoms with E-state index in [4.69, 9.17) is 22.3 Å². The second-order valence-electron chi connectivity index (χ2n) is 6.49. The lowest BCUT2D eigenvalue weighted by Crippen LogP contribution is -2.58. The van der Waals surface area contributed by atoms with Crippen molar-refractivity contribution >= 4 is 35.5 Å². The summed E-state index contributed by atoms with van der Waals surface area (Å²) in [5, 5.41) is 15.3. The highest BCUT2D eigenvalue weighted by atomic mass is 16.4. The van der Waals surface area contributed by atoms with E-state index in [1.54, 1.807) is 13.8 Å². The molecule has 29 heavy (non-hydrogen) atoms. The second kappa shape index (κ2) is 12.3. The zero-order valence-corrected chi connectivity index (χ0v) is 16.3. The molecule has 0 aliphatic rings. The Morgan fingerprint density at radius 2 is 1.45 bits per heavy atom. The molecule has 0 aliphatic heterocycles. The second-order valence-corrected chi connectivity index (χ2v) is 6.49. The molecule has 5 amide bonds. The number of aliphatic carboxylic acids is 1. The minimum Gasteiger partial charge on any atom is -0.480 e. The fraction of sp³-hybridized carbons (Fsp3) is 0.625. The molecule has 4 unspecified atom stereocenters. The first-order valence-electron chi connectivity index (χ1n) is 8.81. The molecule has 0 aromatic rings. The Kier molecular flexibility index (Phi) is 10.9. The molecule has 10 N–H and O–H groups in total. The summed E-state index contributed by atoms with van der Waals surface area (Å²) in [6.07, 6.45) is -0.558. The Bertz CT molecular complexity index is 654. The maximum absolute atomic E-state index is 12.7. The first-order valence-corrected chi connectivity index (χ1v) is 8.81. The molecular weight excluding hydrogens is 388 g/mol. The summed E-state index contributed by atoms with van der Waals surface area (Å²) in [6, 6.07) is -3.86. The summed E-state index contributed by atoms with van der Waals surface area (Å²) in [7, 11) is 0. The molecule has 164 valence electrons. The third kappa shape index (κ3) is 10.0. The third-order valence-corrected chi connectivity index (χ3v) is 4.00. The first-order chi connectivity index (χ1) is 13.4. The number of carbonyl (C=O) groups is 6. The van der Waals surface area contributed by atoms with Gasteiger partial charge in [-0.25, -0.2) is 0 Å². The number of amides is 5. The van der Waals surface area contributed by atoms with E-state index in [9.17, 15) is 28.8 Å². The number of carbonyl (C=O) groups excluding carboxylic acids is 5. The van der Waals surface area contributed by atoms with Gasteiger partial charge in [0.1, 0.15) is 18.6 Å². The molecule has 0 heterocycles. The van der Waals surface area contributed by atoms with E-state index < -0.39 is 78.9 Å².